The topological polar surface area (TPSA) is 55.7 Å². The molecule has 0 aliphatic heterocycles. The number of hydrogen-bond donors (Lipinski definition) is 0. The second kappa shape index (κ2) is 4.49. The maximum Gasteiger partial charge on any atom is 0.325 e. The van der Waals surface area contributed by atoms with E-state index in [0.29, 0.717) is 5.92 Å². The van der Waals surface area contributed by atoms with Crippen molar-refractivity contribution in [1.29, 1.82) is 0 Å². The van der Waals surface area contributed by atoms with Crippen molar-refractivity contribution in [2.45, 2.75) is 25.7 Å². The van der Waals surface area contributed by atoms with Gasteiger partial charge in [-0.15, -0.1) is 0 Å². The van der Waals surface area contributed by atoms with E-state index in [0.717, 1.165) is 30.4 Å². The van der Waals surface area contributed by atoms with Crippen LogP contribution in [0, 0.1) is 0 Å². The molecule has 92 valence electrons. The highest BCUT2D eigenvalue weighted by atomic mass is 32.2. The molecule has 0 N–H and O–H groups in total. The van der Waals surface area contributed by atoms with Crippen LogP contribution in [0.2, 0.25) is 0 Å². The minimum absolute atomic E-state index is 0.410. The fraction of sp³-hybridized carbons (Fsp3) is 0.417. The van der Waals surface area contributed by atoms with Gasteiger partial charge in [0.1, 0.15) is 0 Å². The number of fused-ring (bicyclic) bond motifs is 1. The third-order valence-corrected chi connectivity index (χ3v) is 3.27. The Balaban J connectivity index is 2.34. The summed E-state index contributed by atoms with van der Waals surface area (Å²) in [5, 5.41) is 3.76. The van der Waals surface area contributed by atoms with E-state index >= 15 is 0 Å². The quantitative estimate of drug-likeness (QED) is 0.776. The standard InChI is InChI=1S/C12H15NO3S/c1-3-9-8-12(13-16-17(2,14)15)11-7-5-4-6-10(9)11/h4-7,9H,3,8H2,1-2H3/b13-12+/t9-/m1/s1. The average molecular weight is 253 g/mol. The van der Waals surface area contributed by atoms with Crippen LogP contribution in [-0.2, 0) is 14.4 Å². The van der Waals surface area contributed by atoms with Crippen LogP contribution < -0.4 is 0 Å². The lowest BCUT2D eigenvalue weighted by Crippen LogP contribution is -2.02. The van der Waals surface area contributed by atoms with E-state index in [-0.39, 0.29) is 0 Å². The Hall–Kier alpha value is -1.36. The minimum atomic E-state index is -3.53. The monoisotopic (exact) mass is 253 g/mol. The van der Waals surface area contributed by atoms with Crippen molar-refractivity contribution < 1.29 is 12.7 Å². The van der Waals surface area contributed by atoms with Gasteiger partial charge in [-0.05, 0) is 17.9 Å². The molecule has 0 fully saturated rings. The summed E-state index contributed by atoms with van der Waals surface area (Å²) in [6, 6.07) is 7.93. The molecule has 0 heterocycles. The van der Waals surface area contributed by atoms with Crippen LogP contribution in [0.5, 0.6) is 0 Å². The fourth-order valence-electron chi connectivity index (χ4n) is 2.13. The number of hydrogen-bond acceptors (Lipinski definition) is 4. The Morgan fingerprint density at radius 2 is 2.12 bits per heavy atom. The summed E-state index contributed by atoms with van der Waals surface area (Å²) in [5.74, 6) is 0.410. The molecule has 1 aromatic carbocycles. The first-order valence-corrected chi connectivity index (χ1v) is 7.37. The van der Waals surface area contributed by atoms with Crippen molar-refractivity contribution in [1.82, 2.24) is 0 Å². The Kier molecular flexibility index (Phi) is 3.19. The molecule has 1 aromatic rings. The molecular weight excluding hydrogens is 238 g/mol. The molecule has 4 nitrogen and oxygen atoms in total. The molecule has 5 heteroatoms. The molecule has 0 radical (unpaired) electrons. The lowest BCUT2D eigenvalue weighted by atomic mass is 9.99. The average Bonchev–Trinajstić information content (AvgIpc) is 2.64. The Morgan fingerprint density at radius 3 is 2.76 bits per heavy atom. The number of rotatable bonds is 3. The van der Waals surface area contributed by atoms with Crippen molar-refractivity contribution in [3.05, 3.63) is 35.4 Å². The van der Waals surface area contributed by atoms with Gasteiger partial charge in [-0.2, -0.15) is 8.42 Å². The number of benzene rings is 1. The molecule has 2 rings (SSSR count). The van der Waals surface area contributed by atoms with E-state index in [1.165, 1.54) is 5.56 Å². The largest absolute Gasteiger partial charge is 0.325 e. The van der Waals surface area contributed by atoms with Gasteiger partial charge in [0.15, 0.2) is 0 Å². The Labute approximate surface area is 101 Å². The molecule has 1 atom stereocenters. The van der Waals surface area contributed by atoms with Crippen molar-refractivity contribution in [2.75, 3.05) is 6.26 Å². The third kappa shape index (κ3) is 2.66. The Morgan fingerprint density at radius 1 is 1.41 bits per heavy atom. The summed E-state index contributed by atoms with van der Waals surface area (Å²) >= 11 is 0. The molecule has 0 aromatic heterocycles. The van der Waals surface area contributed by atoms with Gasteiger partial charge >= 0.3 is 10.1 Å². The van der Waals surface area contributed by atoms with Crippen LogP contribution in [0.15, 0.2) is 29.4 Å². The van der Waals surface area contributed by atoms with Gasteiger partial charge in [-0.1, -0.05) is 36.3 Å². The van der Waals surface area contributed by atoms with Gasteiger partial charge in [0.25, 0.3) is 0 Å². The summed E-state index contributed by atoms with van der Waals surface area (Å²) in [6.07, 6.45) is 2.75. The molecule has 0 unspecified atom stereocenters. The van der Waals surface area contributed by atoms with Crippen molar-refractivity contribution in [3.63, 3.8) is 0 Å². The summed E-state index contributed by atoms with van der Waals surface area (Å²) in [5.41, 5.74) is 2.95. The highest BCUT2D eigenvalue weighted by Crippen LogP contribution is 2.35. The second-order valence-corrected chi connectivity index (χ2v) is 5.77. The van der Waals surface area contributed by atoms with E-state index in [4.69, 9.17) is 0 Å². The summed E-state index contributed by atoms with van der Waals surface area (Å²) < 4.78 is 26.4. The van der Waals surface area contributed by atoms with Gasteiger partial charge < -0.3 is 0 Å². The van der Waals surface area contributed by atoms with Crippen LogP contribution in [-0.4, -0.2) is 20.4 Å². The van der Waals surface area contributed by atoms with E-state index in [1.54, 1.807) is 0 Å². The minimum Gasteiger partial charge on any atom is -0.268 e. The van der Waals surface area contributed by atoms with Crippen LogP contribution in [0.25, 0.3) is 0 Å². The van der Waals surface area contributed by atoms with Gasteiger partial charge in [-0.3, -0.25) is 4.28 Å². The van der Waals surface area contributed by atoms with Crippen molar-refractivity contribution >= 4 is 15.8 Å². The molecule has 0 saturated carbocycles. The second-order valence-electron chi connectivity index (χ2n) is 4.21. The number of nitrogens with zero attached hydrogens (tertiary/aromatic N) is 1. The van der Waals surface area contributed by atoms with Crippen LogP contribution in [0.4, 0.5) is 0 Å². The highest BCUT2D eigenvalue weighted by Gasteiger charge is 2.26. The van der Waals surface area contributed by atoms with Crippen molar-refractivity contribution in [2.24, 2.45) is 5.16 Å². The first kappa shape index (κ1) is 12.1. The van der Waals surface area contributed by atoms with Crippen LogP contribution in [0.1, 0.15) is 36.8 Å². The molecule has 0 spiro atoms. The van der Waals surface area contributed by atoms with Crippen molar-refractivity contribution in [3.8, 4) is 0 Å². The lowest BCUT2D eigenvalue weighted by Gasteiger charge is -2.05. The fourth-order valence-corrected chi connectivity index (χ4v) is 2.36. The first-order valence-electron chi connectivity index (χ1n) is 5.56. The molecule has 1 aliphatic carbocycles. The maximum absolute atomic E-state index is 10.9. The van der Waals surface area contributed by atoms with Gasteiger partial charge in [0.2, 0.25) is 0 Å². The van der Waals surface area contributed by atoms with Crippen LogP contribution in [0.3, 0.4) is 0 Å². The molecular formula is C12H15NO3S. The first-order chi connectivity index (χ1) is 8.01. The predicted molar refractivity (Wildman–Crippen MR) is 66.6 cm³/mol. The van der Waals surface area contributed by atoms with E-state index in [9.17, 15) is 8.42 Å². The third-order valence-electron chi connectivity index (χ3n) is 2.93. The van der Waals surface area contributed by atoms with Gasteiger partial charge in [-0.25, -0.2) is 0 Å². The molecule has 17 heavy (non-hydrogen) atoms. The van der Waals surface area contributed by atoms with Crippen LogP contribution >= 0.6 is 0 Å². The summed E-state index contributed by atoms with van der Waals surface area (Å²) in [7, 11) is -3.53. The van der Waals surface area contributed by atoms with E-state index in [2.05, 4.69) is 22.4 Å². The van der Waals surface area contributed by atoms with E-state index in [1.807, 2.05) is 18.2 Å². The zero-order valence-electron chi connectivity index (χ0n) is 9.88. The lowest BCUT2D eigenvalue weighted by molar-refractivity contribution is 0.342. The molecule has 0 bridgehead atoms. The van der Waals surface area contributed by atoms with Gasteiger partial charge in [0, 0.05) is 12.0 Å². The zero-order chi connectivity index (χ0) is 12.5. The normalized spacial score (nSPS) is 21.5. The summed E-state index contributed by atoms with van der Waals surface area (Å²) in [6.45, 7) is 2.11. The predicted octanol–water partition coefficient (Wildman–Crippen LogP) is 2.26. The number of oxime groups is 1. The molecule has 1 aliphatic rings. The van der Waals surface area contributed by atoms with Gasteiger partial charge in [0.05, 0.1) is 12.0 Å². The SMILES string of the molecule is CC[C@@H]1C/C(=N\OS(C)(=O)=O)c2ccccc21. The highest BCUT2D eigenvalue weighted by molar-refractivity contribution is 7.85. The smallest absolute Gasteiger partial charge is 0.268 e. The maximum atomic E-state index is 10.9. The van der Waals surface area contributed by atoms with E-state index < -0.39 is 10.1 Å². The zero-order valence-corrected chi connectivity index (χ0v) is 10.7. The Bertz CT molecular complexity index is 549. The summed E-state index contributed by atoms with van der Waals surface area (Å²) in [4.78, 5) is 0. The molecule has 0 saturated heterocycles. The molecule has 0 amide bonds.